The number of ether oxygens (including phenoxy) is 2. The van der Waals surface area contributed by atoms with E-state index in [1.165, 1.54) is 6.92 Å². The average molecular weight is 370 g/mol. The van der Waals surface area contributed by atoms with Crippen molar-refractivity contribution in [1.82, 2.24) is 9.55 Å². The molecule has 2 rings (SSSR count). The van der Waals surface area contributed by atoms with Crippen LogP contribution in [0.3, 0.4) is 0 Å². The molecule has 10 nitrogen and oxygen atoms in total. The molecule has 1 fully saturated rings. The number of aromatic nitrogens is 2. The van der Waals surface area contributed by atoms with Crippen molar-refractivity contribution in [2.45, 2.75) is 25.4 Å². The number of nitrogens with one attached hydrogen (secondary N) is 1. The molecule has 1 aliphatic heterocycles. The normalized spacial score (nSPS) is 23.9. The van der Waals surface area contributed by atoms with E-state index in [1.54, 1.807) is 0 Å². The van der Waals surface area contributed by atoms with E-state index < -0.39 is 37.2 Å². The molecule has 1 saturated heterocycles. The van der Waals surface area contributed by atoms with Gasteiger partial charge in [0.05, 0.1) is 19.1 Å². The number of nitrogens with zero attached hydrogens (tertiary/aromatic N) is 1. The van der Waals surface area contributed by atoms with Crippen molar-refractivity contribution in [3.63, 3.8) is 0 Å². The molecule has 122 valence electrons. The predicted octanol–water partition coefficient (Wildman–Crippen LogP) is -2.91. The van der Waals surface area contributed by atoms with Crippen LogP contribution in [0.4, 0.5) is 0 Å². The molecule has 13 heteroatoms. The Morgan fingerprint density at radius 1 is 1.48 bits per heavy atom. The topological polar surface area (TPSA) is 151 Å². The number of aryl methyl sites for hydroxylation is 1. The van der Waals surface area contributed by atoms with Gasteiger partial charge in [-0.3, -0.25) is 14.3 Å². The molecule has 0 spiro atoms. The zero-order chi connectivity index (χ0) is 15.8. The van der Waals surface area contributed by atoms with Crippen molar-refractivity contribution in [3.8, 4) is 0 Å². The third kappa shape index (κ3) is 5.88. The summed E-state index contributed by atoms with van der Waals surface area (Å²) in [6.07, 6.45) is -1.03. The van der Waals surface area contributed by atoms with Crippen molar-refractivity contribution in [2.24, 2.45) is 0 Å². The SMILES string of the molecule is Cc1cn([C@@]2(OCP(=O)(O)O)C[C@H](O)CO2)c(=O)[nH]c1=O.[NaH].[NaH]. The second kappa shape index (κ2) is 8.88. The number of hydrogen-bond donors (Lipinski definition) is 4. The van der Waals surface area contributed by atoms with E-state index in [9.17, 15) is 19.3 Å². The van der Waals surface area contributed by atoms with Crippen LogP contribution in [0.2, 0.25) is 0 Å². The van der Waals surface area contributed by atoms with Gasteiger partial charge >= 0.3 is 72.4 Å². The Hall–Kier alpha value is 0.710. The molecule has 4 N–H and O–H groups in total. The van der Waals surface area contributed by atoms with Crippen LogP contribution in [-0.2, 0) is 19.9 Å². The Morgan fingerprint density at radius 3 is 2.57 bits per heavy atom. The van der Waals surface area contributed by atoms with Crippen molar-refractivity contribution < 1.29 is 28.9 Å². The number of H-pyrrole nitrogens is 1. The Kier molecular flexibility index (Phi) is 9.16. The summed E-state index contributed by atoms with van der Waals surface area (Å²) in [5.74, 6) is -1.87. The fraction of sp³-hybridized carbons (Fsp3) is 0.600. The van der Waals surface area contributed by atoms with Crippen molar-refractivity contribution in [2.75, 3.05) is 13.0 Å². The van der Waals surface area contributed by atoms with E-state index in [2.05, 4.69) is 0 Å². The summed E-state index contributed by atoms with van der Waals surface area (Å²) in [7, 11) is -4.51. The Morgan fingerprint density at radius 2 is 2.09 bits per heavy atom. The number of aliphatic hydroxyl groups is 1. The molecule has 1 aromatic rings. The predicted molar refractivity (Wildman–Crippen MR) is 82.9 cm³/mol. The number of rotatable bonds is 4. The summed E-state index contributed by atoms with van der Waals surface area (Å²) in [6.45, 7) is 1.27. The molecule has 0 aromatic carbocycles. The first-order chi connectivity index (χ1) is 9.63. The third-order valence-corrected chi connectivity index (χ3v) is 3.41. The first-order valence-electron chi connectivity index (χ1n) is 5.96. The van der Waals surface area contributed by atoms with Crippen molar-refractivity contribution in [3.05, 3.63) is 32.6 Å². The number of aliphatic hydroxyl groups excluding tert-OH is 1. The van der Waals surface area contributed by atoms with Crippen LogP contribution in [0, 0.1) is 6.92 Å². The van der Waals surface area contributed by atoms with Gasteiger partial charge in [-0.1, -0.05) is 0 Å². The van der Waals surface area contributed by atoms with Gasteiger partial charge in [0.1, 0.15) is 0 Å². The van der Waals surface area contributed by atoms with Gasteiger partial charge in [-0.2, -0.15) is 0 Å². The number of aromatic amines is 1. The Bertz CT molecular complexity index is 701. The molecule has 1 aromatic heterocycles. The molecule has 0 unspecified atom stereocenters. The molecule has 0 radical (unpaired) electrons. The Balaban J connectivity index is 0.00000242. The van der Waals surface area contributed by atoms with Crippen LogP contribution in [0.15, 0.2) is 15.8 Å². The molecule has 23 heavy (non-hydrogen) atoms. The molecule has 2 heterocycles. The van der Waals surface area contributed by atoms with Crippen LogP contribution >= 0.6 is 7.60 Å². The van der Waals surface area contributed by atoms with Crippen LogP contribution in [-0.4, -0.2) is 103 Å². The van der Waals surface area contributed by atoms with E-state index in [0.29, 0.717) is 0 Å². The van der Waals surface area contributed by atoms with Gasteiger partial charge in [-0.25, -0.2) is 9.36 Å². The van der Waals surface area contributed by atoms with E-state index >= 15 is 0 Å². The molecule has 0 bridgehead atoms. The fourth-order valence-corrected chi connectivity index (χ4v) is 2.35. The van der Waals surface area contributed by atoms with Crippen LogP contribution < -0.4 is 11.2 Å². The third-order valence-electron chi connectivity index (χ3n) is 2.94. The molecular weight excluding hydrogens is 353 g/mol. The summed E-state index contributed by atoms with van der Waals surface area (Å²) in [5.41, 5.74) is -1.29. The van der Waals surface area contributed by atoms with Crippen LogP contribution in [0.1, 0.15) is 12.0 Å². The quantitative estimate of drug-likeness (QED) is 0.325. The standard InChI is InChI=1S/C10H15N2O8P.2Na.2H/c1-6-3-12(9(15)11-8(6)14)10(2-7(13)4-19-10)20-5-21(16,17)18;;;;/h3,7,13H,2,4-5H2,1H3,(H,11,14,15)(H2,16,17,18);;;;/t7-,10-;;;;/m0..../s1. The van der Waals surface area contributed by atoms with Gasteiger partial charge in [0.15, 0.2) is 6.35 Å². The van der Waals surface area contributed by atoms with E-state index in [0.717, 1.165) is 10.8 Å². The summed E-state index contributed by atoms with van der Waals surface area (Å²) in [5, 5.41) is 9.58. The van der Waals surface area contributed by atoms with Gasteiger partial charge < -0.3 is 24.4 Å². The second-order valence-electron chi connectivity index (χ2n) is 4.76. The van der Waals surface area contributed by atoms with Gasteiger partial charge in [-0.15, -0.1) is 0 Å². The number of hydrogen-bond acceptors (Lipinski definition) is 6. The first kappa shape index (κ1) is 23.7. The van der Waals surface area contributed by atoms with Gasteiger partial charge in [0, 0.05) is 11.8 Å². The van der Waals surface area contributed by atoms with E-state index in [-0.39, 0.29) is 77.7 Å². The molecule has 2 atom stereocenters. The maximum atomic E-state index is 11.9. The minimum absolute atomic E-state index is 0. The summed E-state index contributed by atoms with van der Waals surface area (Å²) < 4.78 is 22.1. The Labute approximate surface area is 174 Å². The molecule has 1 aliphatic rings. The zero-order valence-corrected chi connectivity index (χ0v) is 11.9. The van der Waals surface area contributed by atoms with Gasteiger partial charge in [0.25, 0.3) is 11.5 Å². The average Bonchev–Trinajstić information content (AvgIpc) is 2.73. The van der Waals surface area contributed by atoms with Crippen molar-refractivity contribution >= 4 is 66.7 Å². The zero-order valence-electron chi connectivity index (χ0n) is 11.1. The summed E-state index contributed by atoms with van der Waals surface area (Å²) >= 11 is 0. The maximum absolute atomic E-state index is 11.9. The minimum atomic E-state index is -4.51. The second-order valence-corrected chi connectivity index (χ2v) is 6.35. The molecular formula is C10H17N2Na2O8P. The molecule has 0 saturated carbocycles. The monoisotopic (exact) mass is 370 g/mol. The van der Waals surface area contributed by atoms with Crippen LogP contribution in [0.25, 0.3) is 0 Å². The first-order valence-corrected chi connectivity index (χ1v) is 7.76. The summed E-state index contributed by atoms with van der Waals surface area (Å²) in [6, 6.07) is 0. The summed E-state index contributed by atoms with van der Waals surface area (Å²) in [4.78, 5) is 43.1. The van der Waals surface area contributed by atoms with Crippen molar-refractivity contribution in [1.29, 1.82) is 0 Å². The van der Waals surface area contributed by atoms with Gasteiger partial charge in [-0.05, 0) is 6.92 Å². The van der Waals surface area contributed by atoms with Gasteiger partial charge in [0.2, 0.25) is 0 Å². The fourth-order valence-electron chi connectivity index (χ4n) is 1.98. The molecule has 0 amide bonds. The van der Waals surface area contributed by atoms with E-state index in [4.69, 9.17) is 19.3 Å². The van der Waals surface area contributed by atoms with E-state index in [1.807, 2.05) is 4.98 Å². The van der Waals surface area contributed by atoms with Crippen LogP contribution in [0.5, 0.6) is 0 Å². The molecule has 0 aliphatic carbocycles.